The minimum absolute atomic E-state index is 0.00516. The molecule has 2 aromatic rings. The van der Waals surface area contributed by atoms with E-state index in [4.69, 9.17) is 5.26 Å². The van der Waals surface area contributed by atoms with Crippen LogP contribution in [0.1, 0.15) is 21.5 Å². The van der Waals surface area contributed by atoms with Crippen LogP contribution in [0.4, 0.5) is 5.69 Å². The first kappa shape index (κ1) is 14.2. The lowest BCUT2D eigenvalue weighted by Crippen LogP contribution is -1.93. The second-order valence-corrected chi connectivity index (χ2v) is 4.24. The molecule has 2 aromatic carbocycles. The minimum atomic E-state index is -0.477. The fourth-order valence-corrected chi connectivity index (χ4v) is 1.68. The van der Waals surface area contributed by atoms with E-state index in [1.165, 1.54) is 18.2 Å². The summed E-state index contributed by atoms with van der Waals surface area (Å²) in [4.78, 5) is 22.0. The molecule has 0 saturated carbocycles. The van der Waals surface area contributed by atoms with E-state index in [9.17, 15) is 14.9 Å². The molecular weight excluding hydrogens is 268 g/mol. The smallest absolute Gasteiger partial charge is 0.269 e. The van der Waals surface area contributed by atoms with Gasteiger partial charge in [0.2, 0.25) is 0 Å². The van der Waals surface area contributed by atoms with E-state index in [2.05, 4.69) is 0 Å². The summed E-state index contributed by atoms with van der Waals surface area (Å²) in [6.07, 6.45) is 2.98. The topological polar surface area (TPSA) is 84.0 Å². The molecule has 0 spiro atoms. The van der Waals surface area contributed by atoms with Crippen LogP contribution < -0.4 is 0 Å². The van der Waals surface area contributed by atoms with Gasteiger partial charge in [-0.05, 0) is 48.0 Å². The Hall–Kier alpha value is -3.26. The Morgan fingerprint density at radius 3 is 2.24 bits per heavy atom. The zero-order valence-corrected chi connectivity index (χ0v) is 10.9. The third kappa shape index (κ3) is 3.61. The molecule has 102 valence electrons. The molecule has 0 N–H and O–H groups in total. The van der Waals surface area contributed by atoms with Gasteiger partial charge in [-0.25, -0.2) is 0 Å². The second kappa shape index (κ2) is 6.26. The van der Waals surface area contributed by atoms with Gasteiger partial charge in [-0.2, -0.15) is 5.26 Å². The van der Waals surface area contributed by atoms with Crippen molar-refractivity contribution in [2.24, 2.45) is 0 Å². The summed E-state index contributed by atoms with van der Waals surface area (Å²) >= 11 is 0. The summed E-state index contributed by atoms with van der Waals surface area (Å²) in [6.45, 7) is 0. The van der Waals surface area contributed by atoms with Crippen LogP contribution >= 0.6 is 0 Å². The first-order chi connectivity index (χ1) is 10.1. The van der Waals surface area contributed by atoms with Crippen LogP contribution in [0.2, 0.25) is 0 Å². The Bertz CT molecular complexity index is 739. The highest BCUT2D eigenvalue weighted by Crippen LogP contribution is 2.13. The molecule has 0 amide bonds. The highest BCUT2D eigenvalue weighted by Gasteiger charge is 2.04. The van der Waals surface area contributed by atoms with E-state index in [0.29, 0.717) is 16.7 Å². The number of benzene rings is 2. The lowest BCUT2D eigenvalue weighted by Gasteiger charge is -1.96. The lowest BCUT2D eigenvalue weighted by atomic mass is 10.1. The van der Waals surface area contributed by atoms with Gasteiger partial charge in [0.15, 0.2) is 5.78 Å². The van der Waals surface area contributed by atoms with Crippen LogP contribution in [0.25, 0.3) is 6.08 Å². The Morgan fingerprint density at radius 2 is 1.71 bits per heavy atom. The van der Waals surface area contributed by atoms with Crippen LogP contribution in [0.15, 0.2) is 54.6 Å². The van der Waals surface area contributed by atoms with Crippen molar-refractivity contribution in [1.29, 1.82) is 5.26 Å². The molecular formula is C16H10N2O3. The molecule has 0 saturated heterocycles. The number of nitro groups is 1. The second-order valence-electron chi connectivity index (χ2n) is 4.24. The molecule has 0 heterocycles. The summed E-state index contributed by atoms with van der Waals surface area (Å²) in [7, 11) is 0. The monoisotopic (exact) mass is 278 g/mol. The average Bonchev–Trinajstić information content (AvgIpc) is 2.53. The van der Waals surface area contributed by atoms with Crippen molar-refractivity contribution in [2.45, 2.75) is 0 Å². The van der Waals surface area contributed by atoms with Crippen LogP contribution in [0.3, 0.4) is 0 Å². The number of nitro benzene ring substituents is 1. The van der Waals surface area contributed by atoms with Crippen molar-refractivity contribution in [3.8, 4) is 6.07 Å². The van der Waals surface area contributed by atoms with E-state index >= 15 is 0 Å². The van der Waals surface area contributed by atoms with Crippen molar-refractivity contribution < 1.29 is 9.72 Å². The summed E-state index contributed by atoms with van der Waals surface area (Å²) in [5.74, 6) is -0.196. The SMILES string of the molecule is N#Cc1ccc(C(=O)/C=C/c2ccc([N+](=O)[O-])cc2)cc1. The van der Waals surface area contributed by atoms with Crippen molar-refractivity contribution >= 4 is 17.5 Å². The van der Waals surface area contributed by atoms with Gasteiger partial charge < -0.3 is 0 Å². The van der Waals surface area contributed by atoms with Crippen molar-refractivity contribution in [2.75, 3.05) is 0 Å². The van der Waals surface area contributed by atoms with Gasteiger partial charge in [-0.3, -0.25) is 14.9 Å². The molecule has 21 heavy (non-hydrogen) atoms. The predicted octanol–water partition coefficient (Wildman–Crippen LogP) is 3.36. The minimum Gasteiger partial charge on any atom is -0.289 e. The first-order valence-electron chi connectivity index (χ1n) is 6.07. The highest BCUT2D eigenvalue weighted by molar-refractivity contribution is 6.06. The largest absolute Gasteiger partial charge is 0.289 e. The van der Waals surface area contributed by atoms with Crippen LogP contribution in [0, 0.1) is 21.4 Å². The summed E-state index contributed by atoms with van der Waals surface area (Å²) in [6, 6.07) is 14.2. The molecule has 0 fully saturated rings. The summed E-state index contributed by atoms with van der Waals surface area (Å²) in [5, 5.41) is 19.2. The van der Waals surface area contributed by atoms with E-state index in [-0.39, 0.29) is 11.5 Å². The third-order valence-corrected chi connectivity index (χ3v) is 2.83. The molecule has 0 aliphatic carbocycles. The molecule has 0 aliphatic rings. The fourth-order valence-electron chi connectivity index (χ4n) is 1.68. The molecule has 0 aliphatic heterocycles. The normalized spacial score (nSPS) is 10.2. The Labute approximate surface area is 120 Å². The summed E-state index contributed by atoms with van der Waals surface area (Å²) < 4.78 is 0. The maximum absolute atomic E-state index is 11.9. The van der Waals surface area contributed by atoms with E-state index in [1.54, 1.807) is 42.5 Å². The maximum Gasteiger partial charge on any atom is 0.269 e. The quantitative estimate of drug-likeness (QED) is 0.371. The van der Waals surface area contributed by atoms with Gasteiger partial charge in [0.05, 0.1) is 16.6 Å². The van der Waals surface area contributed by atoms with Gasteiger partial charge >= 0.3 is 0 Å². The fraction of sp³-hybridized carbons (Fsp3) is 0. The number of hydrogen-bond acceptors (Lipinski definition) is 4. The predicted molar refractivity (Wildman–Crippen MR) is 77.6 cm³/mol. The third-order valence-electron chi connectivity index (χ3n) is 2.83. The molecule has 0 radical (unpaired) electrons. The number of nitriles is 1. The lowest BCUT2D eigenvalue weighted by molar-refractivity contribution is -0.384. The Balaban J connectivity index is 2.10. The number of nitrogens with zero attached hydrogens (tertiary/aromatic N) is 2. The van der Waals surface area contributed by atoms with E-state index in [0.717, 1.165) is 0 Å². The number of ketones is 1. The van der Waals surface area contributed by atoms with Gasteiger partial charge in [0.25, 0.3) is 5.69 Å². The van der Waals surface area contributed by atoms with Gasteiger partial charge in [-0.1, -0.05) is 6.08 Å². The molecule has 0 bridgehead atoms. The van der Waals surface area contributed by atoms with Crippen molar-refractivity contribution in [3.05, 3.63) is 81.4 Å². The van der Waals surface area contributed by atoms with E-state index in [1.807, 2.05) is 6.07 Å². The Kier molecular flexibility index (Phi) is 4.22. The highest BCUT2D eigenvalue weighted by atomic mass is 16.6. The van der Waals surface area contributed by atoms with Crippen LogP contribution in [0.5, 0.6) is 0 Å². The number of carbonyl (C=O) groups is 1. The molecule has 5 nitrogen and oxygen atoms in total. The number of non-ortho nitro benzene ring substituents is 1. The number of rotatable bonds is 4. The van der Waals surface area contributed by atoms with Crippen LogP contribution in [-0.4, -0.2) is 10.7 Å². The zero-order chi connectivity index (χ0) is 15.2. The molecule has 0 atom stereocenters. The van der Waals surface area contributed by atoms with E-state index < -0.39 is 4.92 Å². The van der Waals surface area contributed by atoms with Crippen molar-refractivity contribution in [1.82, 2.24) is 0 Å². The van der Waals surface area contributed by atoms with Gasteiger partial charge in [-0.15, -0.1) is 0 Å². The first-order valence-corrected chi connectivity index (χ1v) is 6.07. The van der Waals surface area contributed by atoms with Crippen LogP contribution in [-0.2, 0) is 0 Å². The number of carbonyl (C=O) groups excluding carboxylic acids is 1. The Morgan fingerprint density at radius 1 is 1.10 bits per heavy atom. The number of hydrogen-bond donors (Lipinski definition) is 0. The maximum atomic E-state index is 11.9. The standard InChI is InChI=1S/C16H10N2O3/c17-11-13-1-6-14(7-2-13)16(19)10-5-12-3-8-15(9-4-12)18(20)21/h1-10H/b10-5+. The van der Waals surface area contributed by atoms with Gasteiger partial charge in [0.1, 0.15) is 0 Å². The molecule has 0 aromatic heterocycles. The molecule has 2 rings (SSSR count). The van der Waals surface area contributed by atoms with Gasteiger partial charge in [0, 0.05) is 17.7 Å². The number of allylic oxidation sites excluding steroid dienone is 1. The van der Waals surface area contributed by atoms with Crippen molar-refractivity contribution in [3.63, 3.8) is 0 Å². The molecule has 0 unspecified atom stereocenters. The molecule has 5 heteroatoms. The summed E-state index contributed by atoms with van der Waals surface area (Å²) in [5.41, 5.74) is 1.67. The average molecular weight is 278 g/mol. The zero-order valence-electron chi connectivity index (χ0n) is 10.9.